The Labute approximate surface area is 442 Å². The highest BCUT2D eigenvalue weighted by molar-refractivity contribution is 6.32. The third-order valence-corrected chi connectivity index (χ3v) is 15.4. The molecule has 8 heterocycles. The minimum atomic E-state index is 0.417. The topological polar surface area (TPSA) is 148 Å². The van der Waals surface area contributed by atoms with Crippen LogP contribution in [0.3, 0.4) is 0 Å². The monoisotopic (exact) mass is 1030 g/mol. The first kappa shape index (κ1) is 49.9. The van der Waals surface area contributed by atoms with Crippen molar-refractivity contribution in [3.63, 3.8) is 0 Å². The maximum absolute atomic E-state index is 11.3. The molecule has 4 fully saturated rings. The molecule has 0 saturated carbocycles. The Hall–Kier alpha value is -6.26. The van der Waals surface area contributed by atoms with Gasteiger partial charge >= 0.3 is 0 Å². The van der Waals surface area contributed by atoms with Crippen molar-refractivity contribution in [3.05, 3.63) is 117 Å². The van der Waals surface area contributed by atoms with Crippen LogP contribution in [-0.2, 0) is 26.2 Å². The third-order valence-electron chi connectivity index (χ3n) is 15.0. The molecule has 4 N–H and O–H groups in total. The van der Waals surface area contributed by atoms with Crippen LogP contribution in [-0.4, -0.2) is 116 Å². The van der Waals surface area contributed by atoms with Crippen molar-refractivity contribution >= 4 is 89.8 Å². The number of aromatic hydroxyl groups is 2. The number of benzene rings is 4. The highest BCUT2D eigenvalue weighted by Gasteiger charge is 2.24. The van der Waals surface area contributed by atoms with Gasteiger partial charge in [0.15, 0.2) is 0 Å². The van der Waals surface area contributed by atoms with Crippen molar-refractivity contribution in [1.29, 1.82) is 0 Å². The van der Waals surface area contributed by atoms with Crippen LogP contribution in [0.1, 0.15) is 73.6 Å². The van der Waals surface area contributed by atoms with Gasteiger partial charge in [-0.2, -0.15) is 0 Å². The number of anilines is 4. The summed E-state index contributed by atoms with van der Waals surface area (Å²) >= 11 is 12.6. The lowest BCUT2D eigenvalue weighted by Crippen LogP contribution is -2.20. The second-order valence-corrected chi connectivity index (χ2v) is 21.1. The summed E-state index contributed by atoms with van der Waals surface area (Å²) in [6.07, 6.45) is 9.70. The van der Waals surface area contributed by atoms with Gasteiger partial charge in [0.05, 0.1) is 47.7 Å². The van der Waals surface area contributed by atoms with Crippen molar-refractivity contribution in [3.8, 4) is 23.3 Å². The predicted molar refractivity (Wildman–Crippen MR) is 298 cm³/mol. The van der Waals surface area contributed by atoms with E-state index in [0.29, 0.717) is 33.3 Å². The molecule has 0 unspecified atom stereocenters. The number of methoxy groups -OCH3 is 2. The van der Waals surface area contributed by atoms with Gasteiger partial charge in [0.1, 0.15) is 22.5 Å². The molecule has 4 aromatic heterocycles. The number of hydrogen-bond donors (Lipinski definition) is 4. The molecule has 74 heavy (non-hydrogen) atoms. The van der Waals surface area contributed by atoms with E-state index in [1.54, 1.807) is 14.2 Å². The number of pyridine rings is 4. The van der Waals surface area contributed by atoms with E-state index in [-0.39, 0.29) is 0 Å². The molecule has 4 aliphatic rings. The highest BCUT2D eigenvalue weighted by atomic mass is 35.5. The second-order valence-electron chi connectivity index (χ2n) is 20.2. The molecular weight excluding hydrogens is 972 g/mol. The van der Waals surface area contributed by atoms with E-state index in [0.717, 1.165) is 167 Å². The van der Waals surface area contributed by atoms with Gasteiger partial charge in [0.25, 0.3) is 0 Å². The Morgan fingerprint density at radius 1 is 0.432 bits per heavy atom. The minimum absolute atomic E-state index is 0.417. The second kappa shape index (κ2) is 22.3. The molecule has 0 spiro atoms. The Kier molecular flexibility index (Phi) is 15.0. The van der Waals surface area contributed by atoms with Gasteiger partial charge in [-0.05, 0) is 177 Å². The number of halogens is 2. The molecule has 4 aromatic carbocycles. The zero-order chi connectivity index (χ0) is 50.7. The number of nitrogens with zero attached hydrogens (tertiary/aromatic N) is 8. The molecule has 0 aliphatic carbocycles. The summed E-state index contributed by atoms with van der Waals surface area (Å²) in [5, 5.41) is 33.1. The van der Waals surface area contributed by atoms with E-state index < -0.39 is 0 Å². The van der Waals surface area contributed by atoms with Crippen molar-refractivity contribution in [2.45, 2.75) is 77.5 Å². The summed E-state index contributed by atoms with van der Waals surface area (Å²) in [4.78, 5) is 28.8. The van der Waals surface area contributed by atoms with Crippen LogP contribution >= 0.6 is 23.2 Å². The molecule has 4 saturated heterocycles. The van der Waals surface area contributed by atoms with Gasteiger partial charge < -0.3 is 30.3 Å². The fourth-order valence-corrected chi connectivity index (χ4v) is 11.5. The molecule has 4 aliphatic heterocycles. The smallest absolute Gasteiger partial charge is 0.213 e. The van der Waals surface area contributed by atoms with E-state index in [1.807, 2.05) is 60.7 Å². The maximum Gasteiger partial charge on any atom is 0.213 e. The SMILES string of the molecule is COc1ccc2nc3cc(Cl)ccc3c(Nc3cc(CN4CCCC4)c(O)c(CN4CCCC4)c3)c2n1.COc1ccc2nc3cc(Cl)ccc3c(Nc3cc(CN4CCCC4)c(O)c(CN4CCCC4)c3)c2n1. The molecule has 0 amide bonds. The van der Waals surface area contributed by atoms with Gasteiger partial charge in [-0.1, -0.05) is 23.2 Å². The van der Waals surface area contributed by atoms with Crippen LogP contribution in [0, 0.1) is 0 Å². The third kappa shape index (κ3) is 11.1. The standard InChI is InChI=1S/2C29H32ClN5O2/c2*1-37-26-9-8-24-28(33-26)27(23-7-6-21(30)16-25(23)32-24)31-22-14-19(17-34-10-2-3-11-34)29(36)20(15-22)18-35-12-4-5-13-35/h2*6-9,14-16,36H,2-5,10-13,17-18H2,1H3,(H,31,32). The van der Waals surface area contributed by atoms with E-state index >= 15 is 0 Å². The minimum Gasteiger partial charge on any atom is -0.507 e. The summed E-state index contributed by atoms with van der Waals surface area (Å²) in [5.74, 6) is 1.89. The summed E-state index contributed by atoms with van der Waals surface area (Å²) in [7, 11) is 3.23. The van der Waals surface area contributed by atoms with Crippen LogP contribution in [0.15, 0.2) is 84.9 Å². The lowest BCUT2D eigenvalue weighted by atomic mass is 10.0. The molecule has 16 heteroatoms. The lowest BCUT2D eigenvalue weighted by molar-refractivity contribution is 0.312. The van der Waals surface area contributed by atoms with Crippen LogP contribution < -0.4 is 20.1 Å². The summed E-state index contributed by atoms with van der Waals surface area (Å²) < 4.78 is 10.9. The van der Waals surface area contributed by atoms with E-state index in [4.69, 9.17) is 52.6 Å². The van der Waals surface area contributed by atoms with Gasteiger partial charge in [0.2, 0.25) is 11.8 Å². The van der Waals surface area contributed by atoms with Gasteiger partial charge in [0, 0.05) is 92.8 Å². The van der Waals surface area contributed by atoms with Crippen molar-refractivity contribution in [2.75, 3.05) is 77.2 Å². The molecule has 384 valence electrons. The lowest BCUT2D eigenvalue weighted by Gasteiger charge is -2.22. The van der Waals surface area contributed by atoms with Gasteiger partial charge in [-0.3, -0.25) is 19.6 Å². The Bertz CT molecular complexity index is 3040. The number of rotatable bonds is 14. The Morgan fingerprint density at radius 2 is 0.757 bits per heavy atom. The number of hydrogen-bond acceptors (Lipinski definition) is 14. The Balaban J connectivity index is 0.000000159. The van der Waals surface area contributed by atoms with E-state index in [9.17, 15) is 10.2 Å². The van der Waals surface area contributed by atoms with E-state index in [2.05, 4.69) is 54.5 Å². The molecule has 0 atom stereocenters. The molecule has 0 bridgehead atoms. The summed E-state index contributed by atoms with van der Waals surface area (Å²) in [6.45, 7) is 11.6. The molecule has 12 rings (SSSR count). The van der Waals surface area contributed by atoms with E-state index in [1.165, 1.54) is 51.4 Å². The zero-order valence-corrected chi connectivity index (χ0v) is 43.8. The first-order valence-electron chi connectivity index (χ1n) is 26.2. The molecule has 14 nitrogen and oxygen atoms in total. The van der Waals surface area contributed by atoms with Crippen molar-refractivity contribution in [2.24, 2.45) is 0 Å². The average molecular weight is 1040 g/mol. The molecular formula is C58H64Cl2N10O4. The summed E-state index contributed by atoms with van der Waals surface area (Å²) in [6, 6.07) is 27.2. The maximum atomic E-state index is 11.3. The first-order valence-corrected chi connectivity index (χ1v) is 26.9. The number of fused-ring (bicyclic) bond motifs is 4. The van der Waals surface area contributed by atoms with Crippen molar-refractivity contribution < 1.29 is 19.7 Å². The fraction of sp³-hybridized carbons (Fsp3) is 0.379. The largest absolute Gasteiger partial charge is 0.507 e. The summed E-state index contributed by atoms with van der Waals surface area (Å²) in [5.41, 5.74) is 11.9. The van der Waals surface area contributed by atoms with Crippen LogP contribution in [0.5, 0.6) is 23.3 Å². The number of nitrogens with one attached hydrogen (secondary N) is 2. The quantitative estimate of drug-likeness (QED) is 0.0605. The highest BCUT2D eigenvalue weighted by Crippen LogP contribution is 2.40. The zero-order valence-electron chi connectivity index (χ0n) is 42.3. The molecule has 0 radical (unpaired) electrons. The normalized spacial score (nSPS) is 16.7. The van der Waals surface area contributed by atoms with Crippen LogP contribution in [0.2, 0.25) is 10.0 Å². The number of aromatic nitrogens is 4. The average Bonchev–Trinajstić information content (AvgIpc) is 4.29. The van der Waals surface area contributed by atoms with Gasteiger partial charge in [-0.15, -0.1) is 0 Å². The number of likely N-dealkylation sites (tertiary alicyclic amines) is 4. The van der Waals surface area contributed by atoms with Crippen LogP contribution in [0.25, 0.3) is 43.9 Å². The number of phenolic OH excluding ortho intramolecular Hbond substituents is 2. The van der Waals surface area contributed by atoms with Gasteiger partial charge in [-0.25, -0.2) is 19.9 Å². The van der Waals surface area contributed by atoms with Crippen molar-refractivity contribution in [1.82, 2.24) is 39.5 Å². The van der Waals surface area contributed by atoms with Crippen LogP contribution in [0.4, 0.5) is 22.7 Å². The first-order chi connectivity index (χ1) is 36.1. The predicted octanol–water partition coefficient (Wildman–Crippen LogP) is 12.2. The Morgan fingerprint density at radius 3 is 1.07 bits per heavy atom. The molecule has 8 aromatic rings. The number of ether oxygens (including phenoxy) is 2. The number of phenols is 2. The fourth-order valence-electron chi connectivity index (χ4n) is 11.2.